The minimum atomic E-state index is 0.0664. The molecule has 1 aliphatic rings. The van der Waals surface area contributed by atoms with Crippen LogP contribution < -0.4 is 4.90 Å². The Labute approximate surface area is 167 Å². The van der Waals surface area contributed by atoms with Crippen LogP contribution in [0.5, 0.6) is 0 Å². The SMILES string of the molecule is C=C(Br)Cn1c(C2CC(=O)N(c3cc(C)ccc3C)C2)nc2ccccc21. The van der Waals surface area contributed by atoms with Gasteiger partial charge in [-0.3, -0.25) is 4.79 Å². The smallest absolute Gasteiger partial charge is 0.227 e. The molecule has 2 aromatic carbocycles. The number of hydrogen-bond donors (Lipinski definition) is 0. The second kappa shape index (κ2) is 6.97. The highest BCUT2D eigenvalue weighted by molar-refractivity contribution is 9.11. The fraction of sp³-hybridized carbons (Fsp3) is 0.273. The molecular formula is C22H22BrN3O. The van der Waals surface area contributed by atoms with Crippen LogP contribution in [0.3, 0.4) is 0 Å². The van der Waals surface area contributed by atoms with Crippen LogP contribution in [0.4, 0.5) is 5.69 Å². The van der Waals surface area contributed by atoms with Gasteiger partial charge in [0, 0.05) is 29.1 Å². The summed E-state index contributed by atoms with van der Waals surface area (Å²) in [7, 11) is 0. The zero-order valence-corrected chi connectivity index (χ0v) is 17.2. The van der Waals surface area contributed by atoms with Gasteiger partial charge in [0.1, 0.15) is 5.82 Å². The minimum Gasteiger partial charge on any atom is -0.323 e. The van der Waals surface area contributed by atoms with Gasteiger partial charge in [-0.05, 0) is 43.2 Å². The lowest BCUT2D eigenvalue weighted by Crippen LogP contribution is -2.25. The maximum Gasteiger partial charge on any atom is 0.227 e. The maximum absolute atomic E-state index is 12.8. The van der Waals surface area contributed by atoms with E-state index in [0.717, 1.165) is 38.2 Å². The number of rotatable bonds is 4. The zero-order valence-electron chi connectivity index (χ0n) is 15.6. The lowest BCUT2D eigenvalue weighted by Gasteiger charge is -2.20. The molecule has 1 fully saturated rings. The van der Waals surface area contributed by atoms with E-state index in [4.69, 9.17) is 4.98 Å². The molecule has 5 heteroatoms. The van der Waals surface area contributed by atoms with E-state index in [1.165, 1.54) is 0 Å². The van der Waals surface area contributed by atoms with Gasteiger partial charge in [0.2, 0.25) is 5.91 Å². The molecule has 0 spiro atoms. The molecule has 4 rings (SSSR count). The number of imidazole rings is 1. The molecule has 0 N–H and O–H groups in total. The summed E-state index contributed by atoms with van der Waals surface area (Å²) >= 11 is 3.48. The van der Waals surface area contributed by atoms with Gasteiger partial charge >= 0.3 is 0 Å². The van der Waals surface area contributed by atoms with Gasteiger partial charge in [-0.15, -0.1) is 0 Å². The number of anilines is 1. The number of carbonyl (C=O) groups is 1. The third-order valence-electron chi connectivity index (χ3n) is 5.16. The first-order valence-electron chi connectivity index (χ1n) is 9.10. The molecule has 3 aromatic rings. The highest BCUT2D eigenvalue weighted by atomic mass is 79.9. The highest BCUT2D eigenvalue weighted by Crippen LogP contribution is 2.35. The normalized spacial score (nSPS) is 17.1. The lowest BCUT2D eigenvalue weighted by molar-refractivity contribution is -0.117. The quantitative estimate of drug-likeness (QED) is 0.586. The molecule has 1 aliphatic heterocycles. The van der Waals surface area contributed by atoms with E-state index < -0.39 is 0 Å². The molecule has 1 saturated heterocycles. The summed E-state index contributed by atoms with van der Waals surface area (Å²) in [6, 6.07) is 14.4. The number of fused-ring (bicyclic) bond motifs is 1. The van der Waals surface area contributed by atoms with Crippen molar-refractivity contribution >= 4 is 38.6 Å². The topological polar surface area (TPSA) is 38.1 Å². The molecule has 1 aromatic heterocycles. The van der Waals surface area contributed by atoms with Crippen molar-refractivity contribution in [2.24, 2.45) is 0 Å². The lowest BCUT2D eigenvalue weighted by atomic mass is 10.1. The second-order valence-electron chi connectivity index (χ2n) is 7.26. The van der Waals surface area contributed by atoms with Crippen molar-refractivity contribution in [2.45, 2.75) is 32.7 Å². The molecule has 0 bridgehead atoms. The number of nitrogens with zero attached hydrogens (tertiary/aromatic N) is 3. The third-order valence-corrected chi connectivity index (χ3v) is 5.41. The molecule has 138 valence electrons. The minimum absolute atomic E-state index is 0.0664. The molecule has 1 atom stereocenters. The first-order valence-corrected chi connectivity index (χ1v) is 9.89. The average Bonchev–Trinajstić information content (AvgIpc) is 3.18. The molecule has 0 aliphatic carbocycles. The highest BCUT2D eigenvalue weighted by Gasteiger charge is 2.35. The van der Waals surface area contributed by atoms with E-state index in [-0.39, 0.29) is 11.8 Å². The van der Waals surface area contributed by atoms with Crippen LogP contribution in [0.25, 0.3) is 11.0 Å². The summed E-state index contributed by atoms with van der Waals surface area (Å²) in [5.74, 6) is 1.18. The first-order chi connectivity index (χ1) is 12.9. The number of aromatic nitrogens is 2. The summed E-state index contributed by atoms with van der Waals surface area (Å²) < 4.78 is 3.07. The van der Waals surface area contributed by atoms with Crippen molar-refractivity contribution in [1.29, 1.82) is 0 Å². The van der Waals surface area contributed by atoms with Crippen LogP contribution in [-0.2, 0) is 11.3 Å². The van der Waals surface area contributed by atoms with Crippen molar-refractivity contribution < 1.29 is 4.79 Å². The Kier molecular flexibility index (Phi) is 4.64. The van der Waals surface area contributed by atoms with E-state index in [9.17, 15) is 4.79 Å². The van der Waals surface area contributed by atoms with Crippen molar-refractivity contribution in [1.82, 2.24) is 9.55 Å². The van der Waals surface area contributed by atoms with Crippen LogP contribution in [0.1, 0.15) is 29.3 Å². The molecule has 0 radical (unpaired) electrons. The summed E-state index contributed by atoms with van der Waals surface area (Å²) in [6.45, 7) is 9.40. The Hall–Kier alpha value is -2.40. The number of hydrogen-bond acceptors (Lipinski definition) is 2. The van der Waals surface area contributed by atoms with E-state index >= 15 is 0 Å². The van der Waals surface area contributed by atoms with Crippen molar-refractivity contribution in [2.75, 3.05) is 11.4 Å². The second-order valence-corrected chi connectivity index (χ2v) is 8.38. The van der Waals surface area contributed by atoms with Gasteiger partial charge in [-0.2, -0.15) is 0 Å². The fourth-order valence-corrected chi connectivity index (χ4v) is 4.12. The predicted octanol–water partition coefficient (Wildman–Crippen LogP) is 5.08. The molecule has 1 amide bonds. The van der Waals surface area contributed by atoms with Gasteiger partial charge in [0.15, 0.2) is 0 Å². The summed E-state index contributed by atoms with van der Waals surface area (Å²) in [5, 5.41) is 0. The zero-order chi connectivity index (χ0) is 19.1. The van der Waals surface area contributed by atoms with Crippen molar-refractivity contribution in [3.63, 3.8) is 0 Å². The number of benzene rings is 2. The van der Waals surface area contributed by atoms with Crippen LogP contribution in [0.2, 0.25) is 0 Å². The summed E-state index contributed by atoms with van der Waals surface area (Å²) in [5.41, 5.74) is 5.33. The molecule has 0 saturated carbocycles. The van der Waals surface area contributed by atoms with Crippen molar-refractivity contribution in [3.05, 3.63) is 70.5 Å². The Morgan fingerprint density at radius 1 is 1.26 bits per heavy atom. The summed E-state index contributed by atoms with van der Waals surface area (Å²) in [4.78, 5) is 19.6. The number of halogens is 1. The Balaban J connectivity index is 1.74. The molecule has 2 heterocycles. The van der Waals surface area contributed by atoms with Crippen LogP contribution >= 0.6 is 15.9 Å². The molecular weight excluding hydrogens is 402 g/mol. The van der Waals surface area contributed by atoms with Gasteiger partial charge < -0.3 is 9.47 Å². The summed E-state index contributed by atoms with van der Waals surface area (Å²) in [6.07, 6.45) is 0.478. The van der Waals surface area contributed by atoms with E-state index in [1.807, 2.05) is 23.1 Å². The van der Waals surface area contributed by atoms with Gasteiger partial charge in [0.25, 0.3) is 0 Å². The van der Waals surface area contributed by atoms with Crippen LogP contribution in [0, 0.1) is 13.8 Å². The van der Waals surface area contributed by atoms with Crippen LogP contribution in [-0.4, -0.2) is 22.0 Å². The monoisotopic (exact) mass is 423 g/mol. The Morgan fingerprint density at radius 3 is 2.81 bits per heavy atom. The average molecular weight is 424 g/mol. The van der Waals surface area contributed by atoms with Gasteiger partial charge in [-0.25, -0.2) is 4.98 Å². The number of allylic oxidation sites excluding steroid dienone is 1. The Morgan fingerprint density at radius 2 is 2.04 bits per heavy atom. The first kappa shape index (κ1) is 18.0. The molecule has 4 nitrogen and oxygen atoms in total. The van der Waals surface area contributed by atoms with Gasteiger partial charge in [-0.1, -0.05) is 46.8 Å². The third kappa shape index (κ3) is 3.32. The van der Waals surface area contributed by atoms with Crippen molar-refractivity contribution in [3.8, 4) is 0 Å². The fourth-order valence-electron chi connectivity index (χ4n) is 3.87. The Bertz CT molecular complexity index is 1050. The maximum atomic E-state index is 12.8. The molecule has 1 unspecified atom stereocenters. The molecule has 27 heavy (non-hydrogen) atoms. The van der Waals surface area contributed by atoms with E-state index in [2.05, 4.69) is 65.2 Å². The largest absolute Gasteiger partial charge is 0.323 e. The van der Waals surface area contributed by atoms with E-state index in [1.54, 1.807) is 0 Å². The standard InChI is InChI=1S/C22H22BrN3O/c1-14-8-9-15(2)20(10-14)25-13-17(11-21(25)27)22-24-18-6-4-5-7-19(18)26(22)12-16(3)23/h4-10,17H,3,11-13H2,1-2H3. The number of amides is 1. The van der Waals surface area contributed by atoms with Gasteiger partial charge in [0.05, 0.1) is 17.6 Å². The number of para-hydroxylation sites is 2. The predicted molar refractivity (Wildman–Crippen MR) is 113 cm³/mol. The van der Waals surface area contributed by atoms with E-state index in [0.29, 0.717) is 19.5 Å². The van der Waals surface area contributed by atoms with Crippen LogP contribution in [0.15, 0.2) is 53.5 Å². The number of aryl methyl sites for hydroxylation is 2. The number of carbonyl (C=O) groups excluding carboxylic acids is 1.